The molecule has 2 aromatic carbocycles. The Morgan fingerprint density at radius 2 is 2.00 bits per heavy atom. The number of halogens is 1. The molecule has 0 fully saturated rings. The maximum absolute atomic E-state index is 12.7. The van der Waals surface area contributed by atoms with Gasteiger partial charge >= 0.3 is 5.97 Å². The van der Waals surface area contributed by atoms with Gasteiger partial charge in [-0.1, -0.05) is 23.7 Å². The van der Waals surface area contributed by atoms with E-state index in [-0.39, 0.29) is 11.5 Å². The molecule has 1 aromatic heterocycles. The highest BCUT2D eigenvalue weighted by atomic mass is 35.5. The first kappa shape index (κ1) is 16.5. The molecule has 0 atom stereocenters. The molecule has 0 N–H and O–H groups in total. The van der Waals surface area contributed by atoms with Crippen LogP contribution in [0, 0.1) is 0 Å². The molecule has 2 heterocycles. The summed E-state index contributed by atoms with van der Waals surface area (Å²) in [6.45, 7) is 0.603. The highest BCUT2D eigenvalue weighted by Crippen LogP contribution is 2.28. The highest BCUT2D eigenvalue weighted by molar-refractivity contribution is 6.31. The predicted octanol–water partition coefficient (Wildman–Crippen LogP) is 3.78. The van der Waals surface area contributed by atoms with E-state index in [9.17, 15) is 9.59 Å². The van der Waals surface area contributed by atoms with E-state index in [1.807, 2.05) is 18.2 Å². The third-order valence-corrected chi connectivity index (χ3v) is 4.72. The van der Waals surface area contributed by atoms with Gasteiger partial charge in [-0.3, -0.25) is 9.36 Å². The minimum Gasteiger partial charge on any atom is -0.465 e. The number of hydrogen-bond acceptors (Lipinski definition) is 4. The van der Waals surface area contributed by atoms with Crippen LogP contribution in [0.5, 0.6) is 0 Å². The van der Waals surface area contributed by atoms with Gasteiger partial charge < -0.3 is 4.74 Å². The molecule has 26 heavy (non-hydrogen) atoms. The summed E-state index contributed by atoms with van der Waals surface area (Å²) in [5, 5.41) is 1.12. The van der Waals surface area contributed by atoms with Gasteiger partial charge in [0.15, 0.2) is 0 Å². The van der Waals surface area contributed by atoms with Gasteiger partial charge in [0.1, 0.15) is 5.82 Å². The van der Waals surface area contributed by atoms with E-state index in [1.165, 1.54) is 7.11 Å². The fourth-order valence-corrected chi connectivity index (χ4v) is 3.33. The molecule has 0 saturated heterocycles. The van der Waals surface area contributed by atoms with E-state index in [2.05, 4.69) is 4.98 Å². The zero-order valence-electron chi connectivity index (χ0n) is 14.0. The number of hydrogen-bond donors (Lipinski definition) is 0. The monoisotopic (exact) mass is 366 g/mol. The van der Waals surface area contributed by atoms with Crippen molar-refractivity contribution in [1.29, 1.82) is 0 Å². The Morgan fingerprint density at radius 1 is 1.23 bits per heavy atom. The number of carbonyl (C=O) groups excluding carboxylic acids is 1. The Hall–Kier alpha value is -2.92. The standard InChI is InChI=1S/C20H15ClN2O3/c1-26-20(25)13-4-2-12(3-5-13)10-14-8-9-23-18(14)22-17-11-15(21)6-7-16(17)19(23)24/h2-7,10-11H,8-9H2,1H3. The van der Waals surface area contributed by atoms with Crippen molar-refractivity contribution in [2.75, 3.05) is 7.11 Å². The highest BCUT2D eigenvalue weighted by Gasteiger charge is 2.21. The van der Waals surface area contributed by atoms with Crippen LogP contribution in [-0.4, -0.2) is 22.6 Å². The van der Waals surface area contributed by atoms with Crippen LogP contribution < -0.4 is 5.56 Å². The molecule has 0 unspecified atom stereocenters. The Morgan fingerprint density at radius 3 is 2.73 bits per heavy atom. The van der Waals surface area contributed by atoms with E-state index < -0.39 is 0 Å². The van der Waals surface area contributed by atoms with Gasteiger partial charge in [0.2, 0.25) is 0 Å². The van der Waals surface area contributed by atoms with E-state index in [0.29, 0.717) is 33.9 Å². The van der Waals surface area contributed by atoms with Crippen LogP contribution >= 0.6 is 11.6 Å². The van der Waals surface area contributed by atoms with Crippen molar-refractivity contribution >= 4 is 40.1 Å². The zero-order chi connectivity index (χ0) is 18.3. The van der Waals surface area contributed by atoms with Gasteiger partial charge in [0, 0.05) is 11.6 Å². The van der Waals surface area contributed by atoms with Crippen molar-refractivity contribution in [1.82, 2.24) is 9.55 Å². The third kappa shape index (κ3) is 2.80. The molecule has 5 nitrogen and oxygen atoms in total. The fraction of sp³-hybridized carbons (Fsp3) is 0.150. The Kier molecular flexibility index (Phi) is 4.09. The summed E-state index contributed by atoms with van der Waals surface area (Å²) in [5.74, 6) is 0.300. The van der Waals surface area contributed by atoms with Crippen molar-refractivity contribution in [2.24, 2.45) is 0 Å². The van der Waals surface area contributed by atoms with Crippen molar-refractivity contribution in [3.8, 4) is 0 Å². The minimum absolute atomic E-state index is 0.0499. The minimum atomic E-state index is -0.369. The van der Waals surface area contributed by atoms with E-state index in [1.54, 1.807) is 34.9 Å². The van der Waals surface area contributed by atoms with Gasteiger partial charge in [-0.15, -0.1) is 0 Å². The molecular formula is C20H15ClN2O3. The smallest absolute Gasteiger partial charge is 0.337 e. The number of esters is 1. The van der Waals surface area contributed by atoms with Crippen LogP contribution in [0.4, 0.5) is 0 Å². The van der Waals surface area contributed by atoms with E-state index in [0.717, 1.165) is 17.6 Å². The molecule has 6 heteroatoms. The number of allylic oxidation sites excluding steroid dienone is 1. The van der Waals surface area contributed by atoms with Crippen LogP contribution in [0.25, 0.3) is 22.6 Å². The van der Waals surface area contributed by atoms with Crippen molar-refractivity contribution in [3.05, 3.63) is 74.8 Å². The lowest BCUT2D eigenvalue weighted by Crippen LogP contribution is -2.20. The molecule has 0 radical (unpaired) electrons. The molecule has 0 saturated carbocycles. The average Bonchev–Trinajstić information content (AvgIpc) is 3.04. The second-order valence-electron chi connectivity index (χ2n) is 6.09. The quantitative estimate of drug-likeness (QED) is 0.647. The van der Waals surface area contributed by atoms with Crippen LogP contribution in [0.3, 0.4) is 0 Å². The molecule has 130 valence electrons. The number of carbonyl (C=O) groups is 1. The first-order valence-electron chi connectivity index (χ1n) is 8.16. The molecular weight excluding hydrogens is 352 g/mol. The zero-order valence-corrected chi connectivity index (χ0v) is 14.8. The van der Waals surface area contributed by atoms with E-state index >= 15 is 0 Å². The number of fused-ring (bicyclic) bond motifs is 2. The molecule has 1 aliphatic heterocycles. The number of ether oxygens (including phenoxy) is 1. The first-order chi connectivity index (χ1) is 12.6. The van der Waals surface area contributed by atoms with Crippen molar-refractivity contribution < 1.29 is 9.53 Å². The summed E-state index contributed by atoms with van der Waals surface area (Å²) in [4.78, 5) is 28.9. The normalized spacial score (nSPS) is 14.6. The van der Waals surface area contributed by atoms with Gasteiger partial charge in [0.25, 0.3) is 5.56 Å². The summed E-state index contributed by atoms with van der Waals surface area (Å²) < 4.78 is 6.41. The largest absolute Gasteiger partial charge is 0.465 e. The summed E-state index contributed by atoms with van der Waals surface area (Å²) >= 11 is 6.04. The molecule has 0 spiro atoms. The second-order valence-corrected chi connectivity index (χ2v) is 6.52. The molecule has 0 bridgehead atoms. The molecule has 1 aliphatic rings. The lowest BCUT2D eigenvalue weighted by Gasteiger charge is -2.06. The van der Waals surface area contributed by atoms with Gasteiger partial charge in [-0.2, -0.15) is 0 Å². The van der Waals surface area contributed by atoms with E-state index in [4.69, 9.17) is 16.3 Å². The summed E-state index contributed by atoms with van der Waals surface area (Å²) in [5.41, 5.74) is 2.96. The molecule has 4 rings (SSSR count). The Bertz CT molecular complexity index is 1110. The fourth-order valence-electron chi connectivity index (χ4n) is 3.16. The lowest BCUT2D eigenvalue weighted by atomic mass is 10.1. The second kappa shape index (κ2) is 6.42. The van der Waals surface area contributed by atoms with Crippen LogP contribution in [-0.2, 0) is 11.3 Å². The number of aromatic nitrogens is 2. The Labute approximate surface area is 154 Å². The summed E-state index contributed by atoms with van der Waals surface area (Å²) in [6, 6.07) is 12.2. The lowest BCUT2D eigenvalue weighted by molar-refractivity contribution is 0.0600. The van der Waals surface area contributed by atoms with Crippen LogP contribution in [0.15, 0.2) is 47.3 Å². The SMILES string of the molecule is COC(=O)c1ccc(C=C2CCn3c2nc2cc(Cl)ccc2c3=O)cc1. The Balaban J connectivity index is 1.77. The maximum atomic E-state index is 12.7. The molecule has 0 aliphatic carbocycles. The maximum Gasteiger partial charge on any atom is 0.337 e. The van der Waals surface area contributed by atoms with Gasteiger partial charge in [0.05, 0.1) is 23.6 Å². The predicted molar refractivity (Wildman–Crippen MR) is 101 cm³/mol. The van der Waals surface area contributed by atoms with Gasteiger partial charge in [-0.25, -0.2) is 9.78 Å². The van der Waals surface area contributed by atoms with Crippen LogP contribution in [0.2, 0.25) is 5.02 Å². The van der Waals surface area contributed by atoms with Crippen molar-refractivity contribution in [3.63, 3.8) is 0 Å². The third-order valence-electron chi connectivity index (χ3n) is 4.48. The molecule has 3 aromatic rings. The first-order valence-corrected chi connectivity index (χ1v) is 8.54. The number of rotatable bonds is 2. The summed E-state index contributed by atoms with van der Waals surface area (Å²) in [7, 11) is 1.35. The number of benzene rings is 2. The summed E-state index contributed by atoms with van der Waals surface area (Å²) in [6.07, 6.45) is 2.72. The topological polar surface area (TPSA) is 61.2 Å². The number of nitrogens with zero attached hydrogens (tertiary/aromatic N) is 2. The number of methoxy groups -OCH3 is 1. The molecule has 0 amide bonds. The van der Waals surface area contributed by atoms with Gasteiger partial charge in [-0.05, 0) is 54.0 Å². The van der Waals surface area contributed by atoms with Crippen molar-refractivity contribution in [2.45, 2.75) is 13.0 Å². The van der Waals surface area contributed by atoms with Crippen LogP contribution in [0.1, 0.15) is 28.2 Å². The average molecular weight is 367 g/mol.